The number of hydrogen-bond donors (Lipinski definition) is 1. The molecule has 0 atom stereocenters. The summed E-state index contributed by atoms with van der Waals surface area (Å²) in [6.45, 7) is 4.35. The van der Waals surface area contributed by atoms with E-state index in [-0.39, 0.29) is 17.5 Å². The van der Waals surface area contributed by atoms with Gasteiger partial charge in [-0.2, -0.15) is 0 Å². The van der Waals surface area contributed by atoms with Crippen LogP contribution in [0.5, 0.6) is 0 Å². The molecule has 4 nitrogen and oxygen atoms in total. The zero-order chi connectivity index (χ0) is 20.4. The van der Waals surface area contributed by atoms with Crippen LogP contribution >= 0.6 is 0 Å². The first kappa shape index (κ1) is 19.4. The van der Waals surface area contributed by atoms with Gasteiger partial charge in [0.15, 0.2) is 0 Å². The van der Waals surface area contributed by atoms with Crippen LogP contribution in [0.25, 0.3) is 10.9 Å². The first-order valence-corrected chi connectivity index (χ1v) is 10.5. The number of fused-ring (bicyclic) bond motifs is 1. The molecule has 0 aliphatic heterocycles. The largest absolute Gasteiger partial charge is 0.331 e. The average molecular weight is 389 g/mol. The van der Waals surface area contributed by atoms with Crippen molar-refractivity contribution in [3.63, 3.8) is 0 Å². The second kappa shape index (κ2) is 8.24. The quantitative estimate of drug-likeness (QED) is 0.674. The number of nitrogens with zero attached hydrogens (tertiary/aromatic N) is 1. The Morgan fingerprint density at radius 3 is 2.52 bits per heavy atom. The Hall–Kier alpha value is -2.88. The summed E-state index contributed by atoms with van der Waals surface area (Å²) in [6, 6.07) is 15.9. The smallest absolute Gasteiger partial charge is 0.254 e. The molecule has 1 heterocycles. The van der Waals surface area contributed by atoms with Gasteiger partial charge in [0.1, 0.15) is 0 Å². The summed E-state index contributed by atoms with van der Waals surface area (Å²) < 4.78 is 0. The van der Waals surface area contributed by atoms with Crippen molar-refractivity contribution >= 4 is 16.8 Å². The van der Waals surface area contributed by atoms with Gasteiger partial charge in [0, 0.05) is 22.7 Å². The van der Waals surface area contributed by atoms with E-state index in [2.05, 4.69) is 4.98 Å². The summed E-state index contributed by atoms with van der Waals surface area (Å²) in [5.41, 5.74) is 4.25. The predicted molar refractivity (Wildman–Crippen MR) is 117 cm³/mol. The van der Waals surface area contributed by atoms with Crippen LogP contribution in [0.15, 0.2) is 53.3 Å². The number of amides is 1. The molecule has 4 rings (SSSR count). The monoisotopic (exact) mass is 388 g/mol. The van der Waals surface area contributed by atoms with E-state index in [4.69, 9.17) is 0 Å². The van der Waals surface area contributed by atoms with Crippen LogP contribution in [0.4, 0.5) is 0 Å². The van der Waals surface area contributed by atoms with Gasteiger partial charge in [-0.1, -0.05) is 49.1 Å². The van der Waals surface area contributed by atoms with Crippen molar-refractivity contribution in [1.29, 1.82) is 0 Å². The minimum Gasteiger partial charge on any atom is -0.331 e. The van der Waals surface area contributed by atoms with Crippen molar-refractivity contribution in [1.82, 2.24) is 9.88 Å². The second-order valence-corrected chi connectivity index (χ2v) is 8.31. The number of nitrogens with one attached hydrogen (secondary N) is 1. The number of carbonyl (C=O) groups is 1. The number of aromatic amines is 1. The van der Waals surface area contributed by atoms with Gasteiger partial charge >= 0.3 is 0 Å². The van der Waals surface area contributed by atoms with E-state index < -0.39 is 0 Å². The molecule has 150 valence electrons. The number of aromatic nitrogens is 1. The highest BCUT2D eigenvalue weighted by Crippen LogP contribution is 2.26. The topological polar surface area (TPSA) is 53.2 Å². The van der Waals surface area contributed by atoms with Crippen molar-refractivity contribution in [2.75, 3.05) is 0 Å². The summed E-state index contributed by atoms with van der Waals surface area (Å²) >= 11 is 0. The van der Waals surface area contributed by atoms with Gasteiger partial charge in [0.05, 0.1) is 6.54 Å². The number of benzene rings is 2. The number of carbonyl (C=O) groups excluding carboxylic acids is 1. The molecule has 0 radical (unpaired) electrons. The Morgan fingerprint density at radius 2 is 1.76 bits per heavy atom. The SMILES string of the molecule is Cc1cccc(C(=O)N(Cc2cc3ccc(C)cc3[nH]c2=O)C2CCCCC2)c1. The van der Waals surface area contributed by atoms with Crippen LogP contribution in [0.3, 0.4) is 0 Å². The molecule has 1 saturated carbocycles. The number of hydrogen-bond acceptors (Lipinski definition) is 2. The highest BCUT2D eigenvalue weighted by atomic mass is 16.2. The van der Waals surface area contributed by atoms with E-state index in [9.17, 15) is 9.59 Å². The van der Waals surface area contributed by atoms with Crippen LogP contribution in [-0.2, 0) is 6.54 Å². The van der Waals surface area contributed by atoms with E-state index in [0.717, 1.165) is 47.7 Å². The van der Waals surface area contributed by atoms with Crippen LogP contribution in [0.2, 0.25) is 0 Å². The second-order valence-electron chi connectivity index (χ2n) is 8.31. The van der Waals surface area contributed by atoms with Gasteiger partial charge < -0.3 is 9.88 Å². The molecule has 0 unspecified atom stereocenters. The molecular formula is C25H28N2O2. The fourth-order valence-electron chi connectivity index (χ4n) is 4.36. The highest BCUT2D eigenvalue weighted by molar-refractivity contribution is 5.94. The van der Waals surface area contributed by atoms with Gasteiger partial charge in [0.2, 0.25) is 0 Å². The standard InChI is InChI=1S/C25H28N2O2/c1-17-7-6-8-20(13-17)25(29)27(22-9-4-3-5-10-22)16-21-15-19-12-11-18(2)14-23(19)26-24(21)28/h6-8,11-15,22H,3-5,9-10,16H2,1-2H3,(H,26,28). The average Bonchev–Trinajstić information content (AvgIpc) is 2.72. The van der Waals surface area contributed by atoms with E-state index >= 15 is 0 Å². The fraction of sp³-hybridized carbons (Fsp3) is 0.360. The molecule has 1 aromatic heterocycles. The Kier molecular flexibility index (Phi) is 5.52. The maximum Gasteiger partial charge on any atom is 0.254 e. The van der Waals surface area contributed by atoms with Crippen molar-refractivity contribution < 1.29 is 4.79 Å². The Morgan fingerprint density at radius 1 is 1.00 bits per heavy atom. The Bertz CT molecular complexity index is 1090. The normalized spacial score (nSPS) is 14.8. The molecule has 0 bridgehead atoms. The number of aryl methyl sites for hydroxylation is 2. The molecular weight excluding hydrogens is 360 g/mol. The molecule has 29 heavy (non-hydrogen) atoms. The summed E-state index contributed by atoms with van der Waals surface area (Å²) in [5, 5.41) is 0.997. The zero-order valence-corrected chi connectivity index (χ0v) is 17.2. The molecule has 1 N–H and O–H groups in total. The summed E-state index contributed by atoms with van der Waals surface area (Å²) in [5.74, 6) is 0.0176. The minimum absolute atomic E-state index is 0.0176. The third-order valence-corrected chi connectivity index (χ3v) is 5.96. The number of H-pyrrole nitrogens is 1. The van der Waals surface area contributed by atoms with E-state index in [1.165, 1.54) is 6.42 Å². The highest BCUT2D eigenvalue weighted by Gasteiger charge is 2.27. The first-order chi connectivity index (χ1) is 14.0. The predicted octanol–water partition coefficient (Wildman–Crippen LogP) is 5.12. The third kappa shape index (κ3) is 4.26. The Balaban J connectivity index is 1.71. The van der Waals surface area contributed by atoms with Gasteiger partial charge in [-0.15, -0.1) is 0 Å². The molecule has 0 saturated heterocycles. The van der Waals surface area contributed by atoms with Gasteiger partial charge in [-0.05, 0) is 61.9 Å². The van der Waals surface area contributed by atoms with Gasteiger partial charge in [-0.25, -0.2) is 0 Å². The maximum absolute atomic E-state index is 13.4. The van der Waals surface area contributed by atoms with E-state index in [0.29, 0.717) is 17.7 Å². The van der Waals surface area contributed by atoms with Gasteiger partial charge in [0.25, 0.3) is 11.5 Å². The zero-order valence-electron chi connectivity index (χ0n) is 17.2. The summed E-state index contributed by atoms with van der Waals surface area (Å²) in [4.78, 5) is 31.1. The lowest BCUT2D eigenvalue weighted by molar-refractivity contribution is 0.0613. The molecule has 4 heteroatoms. The lowest BCUT2D eigenvalue weighted by Crippen LogP contribution is -2.42. The van der Waals surface area contributed by atoms with E-state index in [1.807, 2.05) is 67.3 Å². The molecule has 2 aromatic carbocycles. The molecule has 1 amide bonds. The minimum atomic E-state index is -0.110. The van der Waals surface area contributed by atoms with Crippen LogP contribution in [0.1, 0.15) is 59.2 Å². The summed E-state index contributed by atoms with van der Waals surface area (Å²) in [6.07, 6.45) is 5.49. The van der Waals surface area contributed by atoms with Crippen LogP contribution in [0, 0.1) is 13.8 Å². The molecule has 1 aliphatic rings. The van der Waals surface area contributed by atoms with Crippen molar-refractivity contribution in [2.45, 2.75) is 58.5 Å². The van der Waals surface area contributed by atoms with Crippen molar-refractivity contribution in [3.05, 3.63) is 81.1 Å². The van der Waals surface area contributed by atoms with Crippen LogP contribution < -0.4 is 5.56 Å². The van der Waals surface area contributed by atoms with Crippen molar-refractivity contribution in [3.8, 4) is 0 Å². The van der Waals surface area contributed by atoms with Gasteiger partial charge in [-0.3, -0.25) is 9.59 Å². The first-order valence-electron chi connectivity index (χ1n) is 10.5. The number of rotatable bonds is 4. The molecule has 3 aromatic rings. The maximum atomic E-state index is 13.4. The van der Waals surface area contributed by atoms with E-state index in [1.54, 1.807) is 0 Å². The molecule has 1 aliphatic carbocycles. The van der Waals surface area contributed by atoms with Crippen molar-refractivity contribution in [2.24, 2.45) is 0 Å². The summed E-state index contributed by atoms with van der Waals surface area (Å²) in [7, 11) is 0. The number of pyridine rings is 1. The molecule has 0 spiro atoms. The molecule has 1 fully saturated rings. The van der Waals surface area contributed by atoms with Crippen LogP contribution in [-0.4, -0.2) is 21.8 Å². The Labute approximate surface area is 171 Å². The lowest BCUT2D eigenvalue weighted by Gasteiger charge is -2.34. The third-order valence-electron chi connectivity index (χ3n) is 5.96. The fourth-order valence-corrected chi connectivity index (χ4v) is 4.36. The lowest BCUT2D eigenvalue weighted by atomic mass is 9.93.